The molecule has 0 saturated heterocycles. The summed E-state index contributed by atoms with van der Waals surface area (Å²) in [6, 6.07) is 15.3. The van der Waals surface area contributed by atoms with Gasteiger partial charge in [-0.05, 0) is 24.3 Å². The van der Waals surface area contributed by atoms with Gasteiger partial charge >= 0.3 is 0 Å². The van der Waals surface area contributed by atoms with Gasteiger partial charge in [0.2, 0.25) is 5.71 Å². The van der Waals surface area contributed by atoms with Gasteiger partial charge in [0.25, 0.3) is 0 Å². The number of pyridine rings is 1. The van der Waals surface area contributed by atoms with Gasteiger partial charge in [0.1, 0.15) is 11.2 Å². The van der Waals surface area contributed by atoms with Crippen LogP contribution in [0.25, 0.3) is 33.7 Å². The van der Waals surface area contributed by atoms with E-state index >= 15 is 0 Å². The van der Waals surface area contributed by atoms with Crippen molar-refractivity contribution in [1.82, 2.24) is 15.0 Å². The molecule has 90 valence electrons. The third-order valence-corrected chi connectivity index (χ3v) is 2.96. The van der Waals surface area contributed by atoms with E-state index in [0.29, 0.717) is 11.5 Å². The molecule has 3 heterocycles. The molecular formula is C15H9N3O. The van der Waals surface area contributed by atoms with Crippen molar-refractivity contribution in [3.05, 3.63) is 54.7 Å². The predicted molar refractivity (Wildman–Crippen MR) is 72.5 cm³/mol. The molecule has 19 heavy (non-hydrogen) atoms. The maximum atomic E-state index is 5.73. The van der Waals surface area contributed by atoms with Crippen molar-refractivity contribution in [3.63, 3.8) is 0 Å². The fourth-order valence-corrected chi connectivity index (χ4v) is 2.06. The first-order chi connectivity index (χ1) is 9.40. The van der Waals surface area contributed by atoms with Crippen LogP contribution in [-0.2, 0) is 0 Å². The minimum absolute atomic E-state index is 0.541. The highest BCUT2D eigenvalue weighted by Crippen LogP contribution is 2.25. The average molecular weight is 247 g/mol. The number of rotatable bonds is 1. The molecule has 4 rings (SSSR count). The Bertz CT molecular complexity index is 816. The SMILES string of the molecule is c1ccc(-c2cc3nc4ccccc4nc3o2)nc1. The first kappa shape index (κ1) is 10.2. The zero-order valence-corrected chi connectivity index (χ0v) is 9.95. The van der Waals surface area contributed by atoms with Gasteiger partial charge in [-0.25, -0.2) is 9.97 Å². The number of nitrogens with zero attached hydrogens (tertiary/aromatic N) is 3. The van der Waals surface area contributed by atoms with Crippen molar-refractivity contribution in [1.29, 1.82) is 0 Å². The standard InChI is InChI=1S/C15H9N3O/c1-2-6-11-10(5-1)17-13-9-14(19-15(13)18-11)12-7-3-4-8-16-12/h1-9H. The molecule has 0 aliphatic heterocycles. The number of hydrogen-bond donors (Lipinski definition) is 0. The summed E-state index contributed by atoms with van der Waals surface area (Å²) in [5.41, 5.74) is 3.77. The van der Waals surface area contributed by atoms with E-state index in [-0.39, 0.29) is 0 Å². The Labute approximate surface area is 108 Å². The third kappa shape index (κ3) is 1.65. The highest BCUT2D eigenvalue weighted by Gasteiger charge is 2.10. The summed E-state index contributed by atoms with van der Waals surface area (Å²) in [6.07, 6.45) is 1.74. The molecule has 0 amide bonds. The van der Waals surface area contributed by atoms with Crippen LogP contribution in [0.5, 0.6) is 0 Å². The number of hydrogen-bond acceptors (Lipinski definition) is 4. The van der Waals surface area contributed by atoms with Gasteiger partial charge in [-0.1, -0.05) is 18.2 Å². The lowest BCUT2D eigenvalue weighted by molar-refractivity contribution is 0.617. The first-order valence-corrected chi connectivity index (χ1v) is 5.98. The Morgan fingerprint density at radius 1 is 0.789 bits per heavy atom. The van der Waals surface area contributed by atoms with Crippen LogP contribution in [0.4, 0.5) is 0 Å². The molecule has 0 saturated carbocycles. The van der Waals surface area contributed by atoms with E-state index in [2.05, 4.69) is 15.0 Å². The normalized spacial score (nSPS) is 11.2. The summed E-state index contributed by atoms with van der Waals surface area (Å²) >= 11 is 0. The molecule has 0 atom stereocenters. The predicted octanol–water partition coefficient (Wildman–Crippen LogP) is 3.44. The number of aromatic nitrogens is 3. The van der Waals surface area contributed by atoms with Crippen LogP contribution in [0.15, 0.2) is 59.1 Å². The second kappa shape index (κ2) is 3.88. The fraction of sp³-hybridized carbons (Fsp3) is 0. The Kier molecular flexibility index (Phi) is 2.08. The van der Waals surface area contributed by atoms with E-state index in [9.17, 15) is 0 Å². The van der Waals surface area contributed by atoms with Crippen molar-refractivity contribution in [2.24, 2.45) is 0 Å². The van der Waals surface area contributed by atoms with Gasteiger partial charge in [-0.2, -0.15) is 0 Å². The summed E-state index contributed by atoms with van der Waals surface area (Å²) in [5, 5.41) is 0. The lowest BCUT2D eigenvalue weighted by atomic mass is 10.3. The van der Waals surface area contributed by atoms with E-state index in [1.165, 1.54) is 0 Å². The fourth-order valence-electron chi connectivity index (χ4n) is 2.06. The first-order valence-electron chi connectivity index (χ1n) is 5.98. The molecule has 0 bridgehead atoms. The van der Waals surface area contributed by atoms with Crippen LogP contribution in [0.1, 0.15) is 0 Å². The van der Waals surface area contributed by atoms with Gasteiger partial charge < -0.3 is 4.42 Å². The Morgan fingerprint density at radius 2 is 1.58 bits per heavy atom. The monoisotopic (exact) mass is 247 g/mol. The highest BCUT2D eigenvalue weighted by molar-refractivity contribution is 5.85. The molecule has 0 aliphatic carbocycles. The molecule has 4 heteroatoms. The number of fused-ring (bicyclic) bond motifs is 2. The third-order valence-electron chi connectivity index (χ3n) is 2.96. The van der Waals surface area contributed by atoms with E-state index in [1.54, 1.807) is 6.20 Å². The minimum Gasteiger partial charge on any atom is -0.435 e. The molecule has 0 aliphatic rings. The van der Waals surface area contributed by atoms with Gasteiger partial charge in [-0.3, -0.25) is 4.98 Å². The van der Waals surface area contributed by atoms with E-state index < -0.39 is 0 Å². The summed E-state index contributed by atoms with van der Waals surface area (Å²) in [4.78, 5) is 13.3. The van der Waals surface area contributed by atoms with Gasteiger partial charge in [0.05, 0.1) is 11.0 Å². The lowest BCUT2D eigenvalue weighted by Crippen LogP contribution is -1.82. The molecular weight excluding hydrogens is 238 g/mol. The van der Waals surface area contributed by atoms with E-state index in [1.807, 2.05) is 48.5 Å². The van der Waals surface area contributed by atoms with Crippen LogP contribution < -0.4 is 0 Å². The highest BCUT2D eigenvalue weighted by atomic mass is 16.3. The number of benzene rings is 1. The molecule has 4 nitrogen and oxygen atoms in total. The molecule has 0 N–H and O–H groups in total. The molecule has 0 spiro atoms. The van der Waals surface area contributed by atoms with E-state index in [0.717, 1.165) is 22.2 Å². The average Bonchev–Trinajstić information content (AvgIpc) is 2.88. The number of para-hydroxylation sites is 2. The summed E-state index contributed by atoms with van der Waals surface area (Å²) in [5.74, 6) is 0.686. The molecule has 0 radical (unpaired) electrons. The zero-order valence-electron chi connectivity index (χ0n) is 9.95. The van der Waals surface area contributed by atoms with Crippen LogP contribution in [0.3, 0.4) is 0 Å². The molecule has 4 aromatic rings. The van der Waals surface area contributed by atoms with Crippen molar-refractivity contribution >= 4 is 22.3 Å². The minimum atomic E-state index is 0.541. The van der Waals surface area contributed by atoms with Gasteiger partial charge in [0, 0.05) is 12.3 Å². The maximum absolute atomic E-state index is 5.73. The van der Waals surface area contributed by atoms with Crippen LogP contribution in [0, 0.1) is 0 Å². The van der Waals surface area contributed by atoms with Gasteiger partial charge in [-0.15, -0.1) is 0 Å². The molecule has 1 aromatic carbocycles. The largest absolute Gasteiger partial charge is 0.435 e. The Morgan fingerprint density at radius 3 is 2.37 bits per heavy atom. The molecule has 0 unspecified atom stereocenters. The smallest absolute Gasteiger partial charge is 0.246 e. The maximum Gasteiger partial charge on any atom is 0.246 e. The van der Waals surface area contributed by atoms with Crippen molar-refractivity contribution < 1.29 is 4.42 Å². The lowest BCUT2D eigenvalue weighted by Gasteiger charge is -1.94. The van der Waals surface area contributed by atoms with Crippen LogP contribution in [-0.4, -0.2) is 15.0 Å². The molecule has 3 aromatic heterocycles. The van der Waals surface area contributed by atoms with Crippen molar-refractivity contribution in [2.75, 3.05) is 0 Å². The Hall–Kier alpha value is -2.75. The second-order valence-electron chi connectivity index (χ2n) is 4.23. The van der Waals surface area contributed by atoms with Gasteiger partial charge in [0.15, 0.2) is 5.76 Å². The molecule has 0 fully saturated rings. The topological polar surface area (TPSA) is 51.8 Å². The summed E-state index contributed by atoms with van der Waals surface area (Å²) in [7, 11) is 0. The van der Waals surface area contributed by atoms with Crippen LogP contribution >= 0.6 is 0 Å². The summed E-state index contributed by atoms with van der Waals surface area (Å²) < 4.78 is 5.73. The van der Waals surface area contributed by atoms with Crippen molar-refractivity contribution in [3.8, 4) is 11.5 Å². The van der Waals surface area contributed by atoms with Crippen LogP contribution in [0.2, 0.25) is 0 Å². The van der Waals surface area contributed by atoms with E-state index in [4.69, 9.17) is 4.42 Å². The second-order valence-corrected chi connectivity index (χ2v) is 4.23. The van der Waals surface area contributed by atoms with Crippen molar-refractivity contribution in [2.45, 2.75) is 0 Å². The number of furan rings is 1. The zero-order chi connectivity index (χ0) is 12.7. The Balaban J connectivity index is 1.98. The quantitative estimate of drug-likeness (QED) is 0.517. The summed E-state index contributed by atoms with van der Waals surface area (Å²) in [6.45, 7) is 0.